The first kappa shape index (κ1) is 14.9. The molecule has 3 aromatic rings. The lowest BCUT2D eigenvalue weighted by Crippen LogP contribution is -2.22. The van der Waals surface area contributed by atoms with Gasteiger partial charge in [0.1, 0.15) is 11.5 Å². The van der Waals surface area contributed by atoms with Crippen molar-refractivity contribution in [1.29, 1.82) is 0 Å². The van der Waals surface area contributed by atoms with E-state index in [1.165, 1.54) is 32.1 Å². The summed E-state index contributed by atoms with van der Waals surface area (Å²) in [5, 5.41) is 12.2. The van der Waals surface area contributed by atoms with Gasteiger partial charge in [0.05, 0.1) is 18.0 Å². The largest absolute Gasteiger partial charge is 0.481 e. The predicted molar refractivity (Wildman–Crippen MR) is 94.2 cm³/mol. The molecule has 1 fully saturated rings. The predicted octanol–water partition coefficient (Wildman–Crippen LogP) is 3.77. The van der Waals surface area contributed by atoms with E-state index in [-0.39, 0.29) is 0 Å². The molecule has 0 amide bonds. The molecule has 0 atom stereocenters. The van der Waals surface area contributed by atoms with E-state index in [9.17, 15) is 0 Å². The highest BCUT2D eigenvalue weighted by molar-refractivity contribution is 6.00. The molecule has 1 aliphatic carbocycles. The van der Waals surface area contributed by atoms with Crippen LogP contribution in [0, 0.1) is 0 Å². The van der Waals surface area contributed by atoms with Crippen LogP contribution >= 0.6 is 0 Å². The average Bonchev–Trinajstić information content (AvgIpc) is 3.08. The van der Waals surface area contributed by atoms with Crippen LogP contribution in [0.5, 0.6) is 5.88 Å². The van der Waals surface area contributed by atoms with Gasteiger partial charge in [0.25, 0.3) is 0 Å². The number of pyridine rings is 2. The van der Waals surface area contributed by atoms with Crippen LogP contribution in [-0.4, -0.2) is 33.3 Å². The molecule has 0 radical (unpaired) electrons. The molecule has 24 heavy (non-hydrogen) atoms. The Labute approximate surface area is 140 Å². The van der Waals surface area contributed by atoms with Crippen molar-refractivity contribution in [1.82, 2.24) is 20.2 Å². The van der Waals surface area contributed by atoms with Crippen LogP contribution < -0.4 is 10.1 Å². The van der Waals surface area contributed by atoms with Gasteiger partial charge in [-0.1, -0.05) is 19.3 Å². The Morgan fingerprint density at radius 2 is 2.00 bits per heavy atom. The number of nitrogens with one attached hydrogen (secondary N) is 2. The first-order valence-corrected chi connectivity index (χ1v) is 8.45. The van der Waals surface area contributed by atoms with Gasteiger partial charge in [0.2, 0.25) is 5.88 Å². The number of anilines is 1. The molecule has 3 aromatic heterocycles. The number of methoxy groups -OCH3 is 1. The molecule has 124 valence electrons. The second-order valence-corrected chi connectivity index (χ2v) is 6.22. The highest BCUT2D eigenvalue weighted by Crippen LogP contribution is 2.32. The smallest absolute Gasteiger partial charge is 0.212 e. The second-order valence-electron chi connectivity index (χ2n) is 6.22. The summed E-state index contributed by atoms with van der Waals surface area (Å²) in [4.78, 5) is 8.87. The van der Waals surface area contributed by atoms with Crippen LogP contribution in [0.15, 0.2) is 30.6 Å². The van der Waals surface area contributed by atoms with Gasteiger partial charge in [-0.2, -0.15) is 5.10 Å². The number of ether oxygens (including phenoxy) is 1. The van der Waals surface area contributed by atoms with Gasteiger partial charge in [-0.15, -0.1) is 0 Å². The topological polar surface area (TPSA) is 75.7 Å². The molecule has 1 aliphatic rings. The van der Waals surface area contributed by atoms with Gasteiger partial charge >= 0.3 is 0 Å². The fraction of sp³-hybridized carbons (Fsp3) is 0.389. The maximum absolute atomic E-state index is 5.13. The van der Waals surface area contributed by atoms with Crippen LogP contribution in [0.1, 0.15) is 32.1 Å². The van der Waals surface area contributed by atoms with E-state index in [0.717, 1.165) is 28.0 Å². The number of H-pyrrole nitrogens is 1. The normalized spacial score (nSPS) is 15.5. The summed E-state index contributed by atoms with van der Waals surface area (Å²) in [6.45, 7) is 0. The summed E-state index contributed by atoms with van der Waals surface area (Å²) in [5.41, 5.74) is 2.79. The Hall–Kier alpha value is -2.63. The van der Waals surface area contributed by atoms with E-state index in [2.05, 4.69) is 25.5 Å². The van der Waals surface area contributed by atoms with Crippen molar-refractivity contribution in [2.75, 3.05) is 12.4 Å². The Balaban J connectivity index is 1.73. The maximum Gasteiger partial charge on any atom is 0.212 e. The van der Waals surface area contributed by atoms with Crippen LogP contribution in [0.25, 0.3) is 22.2 Å². The molecule has 0 unspecified atom stereocenters. The zero-order chi connectivity index (χ0) is 16.4. The molecule has 2 N–H and O–H groups in total. The first-order valence-electron chi connectivity index (χ1n) is 8.45. The summed E-state index contributed by atoms with van der Waals surface area (Å²) in [7, 11) is 1.61. The van der Waals surface area contributed by atoms with Crippen molar-refractivity contribution < 1.29 is 4.74 Å². The number of hydrogen-bond acceptors (Lipinski definition) is 5. The van der Waals surface area contributed by atoms with Crippen LogP contribution in [-0.2, 0) is 0 Å². The molecule has 0 saturated heterocycles. The highest BCUT2D eigenvalue weighted by atomic mass is 16.5. The molecular weight excluding hydrogens is 302 g/mol. The van der Waals surface area contributed by atoms with Crippen LogP contribution in [0.4, 0.5) is 5.82 Å². The number of aromatic amines is 1. The van der Waals surface area contributed by atoms with E-state index in [0.29, 0.717) is 11.9 Å². The van der Waals surface area contributed by atoms with Crippen LogP contribution in [0.3, 0.4) is 0 Å². The number of aromatic nitrogens is 4. The molecule has 4 rings (SSSR count). The summed E-state index contributed by atoms with van der Waals surface area (Å²) in [6, 6.07) is 6.27. The minimum atomic E-state index is 0.494. The van der Waals surface area contributed by atoms with Crippen molar-refractivity contribution >= 4 is 16.7 Å². The lowest BCUT2D eigenvalue weighted by Gasteiger charge is -2.23. The number of hydrogen-bond donors (Lipinski definition) is 2. The lowest BCUT2D eigenvalue weighted by atomic mass is 9.95. The van der Waals surface area contributed by atoms with Crippen LogP contribution in [0.2, 0.25) is 0 Å². The van der Waals surface area contributed by atoms with E-state index in [4.69, 9.17) is 4.74 Å². The van der Waals surface area contributed by atoms with Gasteiger partial charge < -0.3 is 10.1 Å². The average molecular weight is 323 g/mol. The standard InChI is InChI=1S/C18H21N5O/c1-24-15-8-7-12(11-20-15)17-16-14(22-23-17)9-10-19-18(16)21-13-5-3-2-4-6-13/h7-11,13H,2-6H2,1H3,(H,19,21)(H,22,23). The quantitative estimate of drug-likeness (QED) is 0.764. The maximum atomic E-state index is 5.13. The van der Waals surface area contributed by atoms with Crippen molar-refractivity contribution in [2.45, 2.75) is 38.1 Å². The molecule has 3 heterocycles. The Kier molecular flexibility index (Phi) is 4.02. The van der Waals surface area contributed by atoms with Gasteiger partial charge in [0, 0.05) is 30.1 Å². The summed E-state index contributed by atoms with van der Waals surface area (Å²) >= 11 is 0. The van der Waals surface area contributed by atoms with Gasteiger partial charge in [-0.3, -0.25) is 5.10 Å². The number of rotatable bonds is 4. The highest BCUT2D eigenvalue weighted by Gasteiger charge is 2.18. The van der Waals surface area contributed by atoms with Crippen molar-refractivity contribution in [2.24, 2.45) is 0 Å². The first-order chi connectivity index (χ1) is 11.8. The van der Waals surface area contributed by atoms with E-state index < -0.39 is 0 Å². The zero-order valence-corrected chi connectivity index (χ0v) is 13.7. The third-order valence-corrected chi connectivity index (χ3v) is 4.64. The monoisotopic (exact) mass is 323 g/mol. The Morgan fingerprint density at radius 3 is 2.75 bits per heavy atom. The molecule has 0 bridgehead atoms. The lowest BCUT2D eigenvalue weighted by molar-refractivity contribution is 0.398. The van der Waals surface area contributed by atoms with E-state index >= 15 is 0 Å². The molecule has 1 saturated carbocycles. The molecule has 6 nitrogen and oxygen atoms in total. The van der Waals surface area contributed by atoms with Gasteiger partial charge in [0.15, 0.2) is 0 Å². The molecule has 6 heteroatoms. The zero-order valence-electron chi connectivity index (χ0n) is 13.7. The van der Waals surface area contributed by atoms with Crippen molar-refractivity contribution in [3.63, 3.8) is 0 Å². The molecule has 0 aliphatic heterocycles. The third kappa shape index (κ3) is 2.79. The number of nitrogens with zero attached hydrogens (tertiary/aromatic N) is 3. The minimum absolute atomic E-state index is 0.494. The minimum Gasteiger partial charge on any atom is -0.481 e. The number of fused-ring (bicyclic) bond motifs is 1. The summed E-state index contributed by atoms with van der Waals surface area (Å²) < 4.78 is 5.13. The molecule has 0 spiro atoms. The fourth-order valence-corrected chi connectivity index (χ4v) is 3.37. The summed E-state index contributed by atoms with van der Waals surface area (Å²) in [5.74, 6) is 1.50. The van der Waals surface area contributed by atoms with E-state index in [1.54, 1.807) is 13.3 Å². The molecular formula is C18H21N5O. The molecule has 0 aromatic carbocycles. The van der Waals surface area contributed by atoms with Crippen molar-refractivity contribution in [3.8, 4) is 17.1 Å². The Morgan fingerprint density at radius 1 is 1.12 bits per heavy atom. The third-order valence-electron chi connectivity index (χ3n) is 4.64. The van der Waals surface area contributed by atoms with E-state index in [1.807, 2.05) is 24.4 Å². The fourth-order valence-electron chi connectivity index (χ4n) is 3.37. The van der Waals surface area contributed by atoms with Gasteiger partial charge in [-0.25, -0.2) is 9.97 Å². The summed E-state index contributed by atoms with van der Waals surface area (Å²) in [6.07, 6.45) is 9.92. The SMILES string of the molecule is COc1ccc(-c2n[nH]c3ccnc(NC4CCCCC4)c23)cn1. The van der Waals surface area contributed by atoms with Crippen molar-refractivity contribution in [3.05, 3.63) is 30.6 Å². The Bertz CT molecular complexity index is 821. The van der Waals surface area contributed by atoms with Gasteiger partial charge in [-0.05, 0) is 25.0 Å². The second kappa shape index (κ2) is 6.47.